The van der Waals surface area contributed by atoms with E-state index in [1.54, 1.807) is 0 Å². The lowest BCUT2D eigenvalue weighted by molar-refractivity contribution is 0.544. The molecule has 0 spiro atoms. The van der Waals surface area contributed by atoms with Crippen molar-refractivity contribution in [1.29, 1.82) is 0 Å². The molecular weight excluding hydrogens is 109 g/mol. The number of halogens is 1. The van der Waals surface area contributed by atoms with E-state index in [4.69, 9.17) is 0 Å². The molecule has 0 saturated heterocycles. The second-order valence-electron chi connectivity index (χ2n) is 1.16. The van der Waals surface area contributed by atoms with Crippen LogP contribution >= 0.6 is 0 Å². The van der Waals surface area contributed by atoms with Crippen LogP contribution in [0, 0.1) is 0 Å². The van der Waals surface area contributed by atoms with Crippen molar-refractivity contribution in [3.05, 3.63) is 24.7 Å². The quantitative estimate of drug-likeness (QED) is 0.553. The van der Waals surface area contributed by atoms with Crippen molar-refractivity contribution in [3.8, 4) is 0 Å². The smallest absolute Gasteiger partial charge is 0.220 e. The molecular formula is C5H4FNO. The van der Waals surface area contributed by atoms with E-state index in [0.29, 0.717) is 6.33 Å². The van der Waals surface area contributed by atoms with E-state index >= 15 is 0 Å². The summed E-state index contributed by atoms with van der Waals surface area (Å²) in [5.41, 5.74) is 0. The van der Waals surface area contributed by atoms with Crippen LogP contribution in [0.4, 0.5) is 4.39 Å². The fourth-order valence-corrected chi connectivity index (χ4v) is 0.371. The highest BCUT2D eigenvalue weighted by molar-refractivity contribution is 5.34. The molecule has 1 heterocycles. The van der Waals surface area contributed by atoms with Gasteiger partial charge in [-0.2, -0.15) is 0 Å². The number of hydrogen-bond acceptors (Lipinski definition) is 2. The van der Waals surface area contributed by atoms with Gasteiger partial charge in [0.25, 0.3) is 0 Å². The van der Waals surface area contributed by atoms with E-state index < -0.39 is 0 Å². The molecule has 0 bridgehead atoms. The minimum Gasteiger partial charge on any atom is -0.445 e. The van der Waals surface area contributed by atoms with Gasteiger partial charge in [-0.15, -0.1) is 0 Å². The molecule has 0 aliphatic rings. The normalized spacial score (nSPS) is 10.6. The van der Waals surface area contributed by atoms with Crippen molar-refractivity contribution < 1.29 is 8.81 Å². The summed E-state index contributed by atoms with van der Waals surface area (Å²) < 4.78 is 15.9. The zero-order chi connectivity index (χ0) is 5.82. The third kappa shape index (κ3) is 0.932. The first-order valence-electron chi connectivity index (χ1n) is 2.10. The Balaban J connectivity index is 2.77. The van der Waals surface area contributed by atoms with Crippen LogP contribution in [0.25, 0.3) is 6.08 Å². The standard InChI is InChI=1S/C5H4FNO/c6-2-1-5-7-3-4-8-5/h1-4H/b2-1-. The molecule has 0 unspecified atom stereocenters. The SMILES string of the molecule is F/C=C\c1ncco1. The van der Waals surface area contributed by atoms with Crippen LogP contribution in [0.1, 0.15) is 5.89 Å². The molecule has 0 saturated carbocycles. The summed E-state index contributed by atoms with van der Waals surface area (Å²) in [5, 5.41) is 0. The van der Waals surface area contributed by atoms with Gasteiger partial charge in [0.2, 0.25) is 5.89 Å². The third-order valence-corrected chi connectivity index (χ3v) is 0.657. The maximum Gasteiger partial charge on any atom is 0.220 e. The van der Waals surface area contributed by atoms with Gasteiger partial charge in [-0.05, 0) is 0 Å². The van der Waals surface area contributed by atoms with Crippen LogP contribution in [0.15, 0.2) is 23.2 Å². The van der Waals surface area contributed by atoms with Gasteiger partial charge in [0.15, 0.2) is 0 Å². The van der Waals surface area contributed by atoms with Crippen molar-refractivity contribution in [2.45, 2.75) is 0 Å². The molecule has 1 aromatic heterocycles. The minimum absolute atomic E-state index is 0.285. The Morgan fingerprint density at radius 3 is 3.12 bits per heavy atom. The predicted octanol–water partition coefficient (Wildman–Crippen LogP) is 1.61. The molecule has 0 aliphatic carbocycles. The summed E-state index contributed by atoms with van der Waals surface area (Å²) in [4.78, 5) is 3.61. The monoisotopic (exact) mass is 113 g/mol. The summed E-state index contributed by atoms with van der Waals surface area (Å²) in [5.74, 6) is 0.285. The van der Waals surface area contributed by atoms with E-state index in [2.05, 4.69) is 9.40 Å². The first-order chi connectivity index (χ1) is 3.93. The highest BCUT2D eigenvalue weighted by Crippen LogP contribution is 1.95. The second kappa shape index (κ2) is 2.26. The average Bonchev–Trinajstić information content (AvgIpc) is 2.19. The van der Waals surface area contributed by atoms with Gasteiger partial charge >= 0.3 is 0 Å². The average molecular weight is 113 g/mol. The molecule has 3 heteroatoms. The Kier molecular flexibility index (Phi) is 1.42. The first kappa shape index (κ1) is 5.03. The van der Waals surface area contributed by atoms with Crippen LogP contribution in [0.2, 0.25) is 0 Å². The molecule has 0 aliphatic heterocycles. The van der Waals surface area contributed by atoms with Gasteiger partial charge in [0.05, 0.1) is 12.5 Å². The molecule has 0 amide bonds. The molecule has 0 atom stereocenters. The number of aromatic nitrogens is 1. The number of oxazole rings is 1. The zero-order valence-electron chi connectivity index (χ0n) is 4.04. The Morgan fingerprint density at radius 1 is 1.75 bits per heavy atom. The highest BCUT2D eigenvalue weighted by Gasteiger charge is 1.85. The number of nitrogens with zero attached hydrogens (tertiary/aromatic N) is 1. The molecule has 2 nitrogen and oxygen atoms in total. The van der Waals surface area contributed by atoms with Crippen molar-refractivity contribution in [2.24, 2.45) is 0 Å². The molecule has 0 radical (unpaired) electrons. The molecule has 1 aromatic rings. The fraction of sp³-hybridized carbons (Fsp3) is 0. The lowest BCUT2D eigenvalue weighted by Crippen LogP contribution is -1.62. The van der Waals surface area contributed by atoms with Gasteiger partial charge in [0, 0.05) is 6.08 Å². The van der Waals surface area contributed by atoms with Crippen molar-refractivity contribution in [3.63, 3.8) is 0 Å². The Labute approximate surface area is 45.7 Å². The number of rotatable bonds is 1. The summed E-state index contributed by atoms with van der Waals surface area (Å²) in [7, 11) is 0. The molecule has 0 aromatic carbocycles. The van der Waals surface area contributed by atoms with Crippen LogP contribution in [0.5, 0.6) is 0 Å². The fourth-order valence-electron chi connectivity index (χ4n) is 0.371. The topological polar surface area (TPSA) is 26.0 Å². The summed E-state index contributed by atoms with van der Waals surface area (Å²) >= 11 is 0. The van der Waals surface area contributed by atoms with E-state index in [0.717, 1.165) is 6.08 Å². The molecule has 0 fully saturated rings. The van der Waals surface area contributed by atoms with Crippen molar-refractivity contribution in [1.82, 2.24) is 4.98 Å². The number of hydrogen-bond donors (Lipinski definition) is 0. The van der Waals surface area contributed by atoms with Crippen LogP contribution in [0.3, 0.4) is 0 Å². The van der Waals surface area contributed by atoms with Gasteiger partial charge in [-0.3, -0.25) is 0 Å². The minimum atomic E-state index is 0.285. The van der Waals surface area contributed by atoms with E-state index in [-0.39, 0.29) is 5.89 Å². The van der Waals surface area contributed by atoms with Gasteiger partial charge < -0.3 is 4.42 Å². The summed E-state index contributed by atoms with van der Waals surface area (Å²) in [6.07, 6.45) is 4.36. The lowest BCUT2D eigenvalue weighted by Gasteiger charge is -1.72. The highest BCUT2D eigenvalue weighted by atomic mass is 19.1. The van der Waals surface area contributed by atoms with Crippen molar-refractivity contribution in [2.75, 3.05) is 0 Å². The van der Waals surface area contributed by atoms with Crippen LogP contribution in [-0.2, 0) is 0 Å². The maximum atomic E-state index is 11.3. The third-order valence-electron chi connectivity index (χ3n) is 0.657. The molecule has 8 heavy (non-hydrogen) atoms. The zero-order valence-corrected chi connectivity index (χ0v) is 4.04. The Morgan fingerprint density at radius 2 is 2.62 bits per heavy atom. The largest absolute Gasteiger partial charge is 0.445 e. The van der Waals surface area contributed by atoms with Gasteiger partial charge in [-0.1, -0.05) is 0 Å². The van der Waals surface area contributed by atoms with Crippen LogP contribution in [-0.4, -0.2) is 4.98 Å². The Bertz CT molecular complexity index is 169. The lowest BCUT2D eigenvalue weighted by atomic mass is 10.6. The summed E-state index contributed by atoms with van der Waals surface area (Å²) in [6, 6.07) is 0. The van der Waals surface area contributed by atoms with E-state index in [1.807, 2.05) is 0 Å². The van der Waals surface area contributed by atoms with Crippen molar-refractivity contribution >= 4 is 6.08 Å². The predicted molar refractivity (Wildman–Crippen MR) is 26.6 cm³/mol. The maximum absolute atomic E-state index is 11.3. The molecule has 0 N–H and O–H groups in total. The van der Waals surface area contributed by atoms with E-state index in [1.165, 1.54) is 12.5 Å². The van der Waals surface area contributed by atoms with Gasteiger partial charge in [0.1, 0.15) is 6.26 Å². The summed E-state index contributed by atoms with van der Waals surface area (Å²) in [6.45, 7) is 0. The van der Waals surface area contributed by atoms with Gasteiger partial charge in [-0.25, -0.2) is 9.37 Å². The Hall–Kier alpha value is -1.12. The first-order valence-corrected chi connectivity index (χ1v) is 2.10. The van der Waals surface area contributed by atoms with E-state index in [9.17, 15) is 4.39 Å². The molecule has 1 rings (SSSR count). The van der Waals surface area contributed by atoms with Crippen LogP contribution < -0.4 is 0 Å². The second-order valence-corrected chi connectivity index (χ2v) is 1.16. The molecule has 42 valence electrons.